The number of aliphatic carboxylic acids is 1. The van der Waals surface area contributed by atoms with E-state index in [0.29, 0.717) is 5.17 Å². The van der Waals surface area contributed by atoms with Gasteiger partial charge in [-0.25, -0.2) is 8.42 Å². The monoisotopic (exact) mass is 382 g/mol. The predicted molar refractivity (Wildman–Crippen MR) is 96.8 cm³/mol. The number of hydrogen-bond acceptors (Lipinski definition) is 5. The van der Waals surface area contributed by atoms with Gasteiger partial charge in [-0.05, 0) is 24.6 Å². The third-order valence-corrected chi connectivity index (χ3v) is 7.33. The van der Waals surface area contributed by atoms with E-state index in [1.54, 1.807) is 0 Å². The number of hydrogen-bond donors (Lipinski definition) is 1. The highest BCUT2D eigenvalue weighted by molar-refractivity contribution is 8.16. The summed E-state index contributed by atoms with van der Waals surface area (Å²) in [5.41, 5.74) is 1.81. The molecule has 7 nitrogen and oxygen atoms in total. The van der Waals surface area contributed by atoms with E-state index in [4.69, 9.17) is 5.11 Å². The minimum atomic E-state index is -3.11. The van der Waals surface area contributed by atoms with E-state index >= 15 is 0 Å². The Morgan fingerprint density at radius 2 is 2.08 bits per heavy atom. The molecule has 0 radical (unpaired) electrons. The average Bonchev–Trinajstić information content (AvgIpc) is 2.96. The number of carboxylic acid groups (broad SMARTS) is 1. The largest absolute Gasteiger partial charge is 0.481 e. The number of amidine groups is 1. The van der Waals surface area contributed by atoms with E-state index in [1.807, 2.05) is 36.1 Å². The van der Waals surface area contributed by atoms with Gasteiger partial charge in [0, 0.05) is 17.4 Å². The summed E-state index contributed by atoms with van der Waals surface area (Å²) in [6.07, 6.45) is -0.444. The Bertz CT molecular complexity index is 850. The standard InChI is InChI=1S/C16H18N2O5S2/c1-10-3-2-4-11(7-10)18-12-8-25(22,23)9-13(12)24-16(18)17-14(19)5-6-15(20)21/h2-4,7,12-13H,5-6,8-9H2,1H3,(H,20,21)/t12-,13+/m0/s1. The summed E-state index contributed by atoms with van der Waals surface area (Å²) in [6.45, 7) is 1.93. The van der Waals surface area contributed by atoms with Crippen LogP contribution < -0.4 is 4.90 Å². The molecule has 134 valence electrons. The number of carbonyl (C=O) groups excluding carboxylic acids is 1. The van der Waals surface area contributed by atoms with Crippen LogP contribution in [0.2, 0.25) is 0 Å². The van der Waals surface area contributed by atoms with Crippen LogP contribution in [0.25, 0.3) is 0 Å². The van der Waals surface area contributed by atoms with Crippen molar-refractivity contribution in [2.45, 2.75) is 31.1 Å². The third kappa shape index (κ3) is 4.04. The van der Waals surface area contributed by atoms with Gasteiger partial charge < -0.3 is 10.0 Å². The lowest BCUT2D eigenvalue weighted by molar-refractivity contribution is -0.138. The zero-order valence-corrected chi connectivity index (χ0v) is 15.2. The summed E-state index contributed by atoms with van der Waals surface area (Å²) in [4.78, 5) is 28.5. The second-order valence-corrected chi connectivity index (χ2v) is 9.55. The van der Waals surface area contributed by atoms with Crippen molar-refractivity contribution in [3.8, 4) is 0 Å². The average molecular weight is 382 g/mol. The fraction of sp³-hybridized carbons (Fsp3) is 0.438. The van der Waals surface area contributed by atoms with Crippen molar-refractivity contribution in [2.75, 3.05) is 16.4 Å². The van der Waals surface area contributed by atoms with Crippen LogP contribution in [0.4, 0.5) is 5.69 Å². The van der Waals surface area contributed by atoms with Gasteiger partial charge in [-0.2, -0.15) is 4.99 Å². The van der Waals surface area contributed by atoms with Gasteiger partial charge in [0.25, 0.3) is 0 Å². The molecular formula is C16H18N2O5S2. The number of anilines is 1. The maximum Gasteiger partial charge on any atom is 0.303 e. The van der Waals surface area contributed by atoms with Crippen LogP contribution in [0.15, 0.2) is 29.3 Å². The van der Waals surface area contributed by atoms with E-state index in [9.17, 15) is 18.0 Å². The number of rotatable bonds is 4. The van der Waals surface area contributed by atoms with Gasteiger partial charge >= 0.3 is 5.97 Å². The van der Waals surface area contributed by atoms with Gasteiger partial charge in [0.1, 0.15) is 0 Å². The van der Waals surface area contributed by atoms with Crippen LogP contribution in [-0.2, 0) is 19.4 Å². The Morgan fingerprint density at radius 1 is 1.32 bits per heavy atom. The maximum atomic E-state index is 12.0. The topological polar surface area (TPSA) is 104 Å². The molecule has 1 amide bonds. The molecule has 9 heteroatoms. The van der Waals surface area contributed by atoms with Crippen molar-refractivity contribution >= 4 is 44.3 Å². The number of aliphatic imine (C=N–C) groups is 1. The van der Waals surface area contributed by atoms with Crippen LogP contribution in [0.1, 0.15) is 18.4 Å². The van der Waals surface area contributed by atoms with Crippen molar-refractivity contribution in [3.05, 3.63) is 29.8 Å². The number of aryl methyl sites for hydroxylation is 1. The molecule has 2 heterocycles. The quantitative estimate of drug-likeness (QED) is 0.840. The zero-order chi connectivity index (χ0) is 18.2. The zero-order valence-electron chi connectivity index (χ0n) is 13.6. The minimum absolute atomic E-state index is 0.0287. The SMILES string of the molecule is Cc1cccc(N2C(=NC(=O)CCC(=O)O)S[C@@H]3CS(=O)(=O)C[C@@H]32)c1. The Balaban J connectivity index is 1.92. The van der Waals surface area contributed by atoms with Gasteiger partial charge in [0.2, 0.25) is 5.91 Å². The number of fused-ring (bicyclic) bond motifs is 1. The van der Waals surface area contributed by atoms with Crippen molar-refractivity contribution < 1.29 is 23.1 Å². The van der Waals surface area contributed by atoms with E-state index in [1.165, 1.54) is 11.8 Å². The molecule has 0 unspecified atom stereocenters. The molecule has 2 aliphatic heterocycles. The Morgan fingerprint density at radius 3 is 2.76 bits per heavy atom. The van der Waals surface area contributed by atoms with Crippen LogP contribution in [0, 0.1) is 6.92 Å². The third-order valence-electron chi connectivity index (χ3n) is 4.12. The fourth-order valence-corrected chi connectivity index (χ4v) is 6.95. The summed E-state index contributed by atoms with van der Waals surface area (Å²) in [7, 11) is -3.11. The Hall–Kier alpha value is -1.87. The molecule has 1 aromatic carbocycles. The van der Waals surface area contributed by atoms with Gasteiger partial charge in [0.15, 0.2) is 15.0 Å². The molecule has 0 bridgehead atoms. The summed E-state index contributed by atoms with van der Waals surface area (Å²) in [6, 6.07) is 7.33. The van der Waals surface area contributed by atoms with Crippen molar-refractivity contribution in [1.29, 1.82) is 0 Å². The van der Waals surface area contributed by atoms with Gasteiger partial charge in [0.05, 0.1) is 24.0 Å². The number of nitrogens with zero attached hydrogens (tertiary/aromatic N) is 2. The lowest BCUT2D eigenvalue weighted by atomic mass is 10.1. The van der Waals surface area contributed by atoms with Crippen molar-refractivity contribution in [3.63, 3.8) is 0 Å². The van der Waals surface area contributed by atoms with E-state index < -0.39 is 21.7 Å². The highest BCUT2D eigenvalue weighted by Crippen LogP contribution is 2.41. The van der Waals surface area contributed by atoms with E-state index in [2.05, 4.69) is 4.99 Å². The number of sulfone groups is 1. The second kappa shape index (κ2) is 6.80. The Labute approximate surface area is 150 Å². The van der Waals surface area contributed by atoms with E-state index in [-0.39, 0.29) is 35.6 Å². The molecule has 0 saturated carbocycles. The lowest BCUT2D eigenvalue weighted by Crippen LogP contribution is -2.37. The van der Waals surface area contributed by atoms with Crippen LogP contribution in [-0.4, -0.2) is 53.4 Å². The molecule has 2 aliphatic rings. The number of thioether (sulfide) groups is 1. The molecule has 1 aromatic rings. The van der Waals surface area contributed by atoms with Gasteiger partial charge in [-0.15, -0.1) is 0 Å². The summed E-state index contributed by atoms with van der Waals surface area (Å²) in [5, 5.41) is 8.97. The normalized spacial score (nSPS) is 26.0. The lowest BCUT2D eigenvalue weighted by Gasteiger charge is -2.24. The van der Waals surface area contributed by atoms with Crippen LogP contribution >= 0.6 is 11.8 Å². The number of carbonyl (C=O) groups is 2. The molecule has 0 aliphatic carbocycles. The summed E-state index contributed by atoms with van der Waals surface area (Å²) >= 11 is 1.28. The number of benzene rings is 1. The molecule has 2 fully saturated rings. The summed E-state index contributed by atoms with van der Waals surface area (Å²) < 4.78 is 24.0. The molecule has 0 spiro atoms. The van der Waals surface area contributed by atoms with Gasteiger partial charge in [-0.1, -0.05) is 23.9 Å². The molecular weight excluding hydrogens is 364 g/mol. The molecule has 25 heavy (non-hydrogen) atoms. The summed E-state index contributed by atoms with van der Waals surface area (Å²) in [5.74, 6) is -1.47. The number of amides is 1. The van der Waals surface area contributed by atoms with Crippen LogP contribution in [0.5, 0.6) is 0 Å². The highest BCUT2D eigenvalue weighted by Gasteiger charge is 2.49. The molecule has 0 aromatic heterocycles. The number of carboxylic acids is 1. The second-order valence-electron chi connectivity index (χ2n) is 6.19. The highest BCUT2D eigenvalue weighted by atomic mass is 32.2. The van der Waals surface area contributed by atoms with E-state index in [0.717, 1.165) is 11.3 Å². The first-order chi connectivity index (χ1) is 11.7. The first kappa shape index (κ1) is 17.9. The predicted octanol–water partition coefficient (Wildman–Crippen LogP) is 1.46. The molecule has 3 rings (SSSR count). The van der Waals surface area contributed by atoms with Crippen LogP contribution in [0.3, 0.4) is 0 Å². The van der Waals surface area contributed by atoms with Gasteiger partial charge in [-0.3, -0.25) is 9.59 Å². The molecule has 1 N–H and O–H groups in total. The maximum absolute atomic E-state index is 12.0. The van der Waals surface area contributed by atoms with Crippen molar-refractivity contribution in [2.24, 2.45) is 4.99 Å². The Kier molecular flexibility index (Phi) is 4.88. The molecule has 2 atom stereocenters. The molecule has 2 saturated heterocycles. The smallest absolute Gasteiger partial charge is 0.303 e. The van der Waals surface area contributed by atoms with Crippen molar-refractivity contribution in [1.82, 2.24) is 0 Å². The minimum Gasteiger partial charge on any atom is -0.481 e. The fourth-order valence-electron chi connectivity index (χ4n) is 3.02. The first-order valence-electron chi connectivity index (χ1n) is 7.81. The first-order valence-corrected chi connectivity index (χ1v) is 10.5.